The number of imidazole rings is 1. The Morgan fingerprint density at radius 3 is 2.51 bits per heavy atom. The molecule has 1 aliphatic carbocycles. The third kappa shape index (κ3) is 4.03. The number of carbonyl (C=O) groups is 1. The molecule has 11 heteroatoms. The van der Waals surface area contributed by atoms with Crippen molar-refractivity contribution >= 4 is 28.9 Å². The number of hydrogen-bond donors (Lipinski definition) is 2. The number of hydrogen-bond acceptors (Lipinski definition) is 7. The third-order valence-corrected chi connectivity index (χ3v) is 8.32. The quantitative estimate of drug-likeness (QED) is 0.370. The smallest absolute Gasteiger partial charge is 0.387 e. The lowest BCUT2D eigenvalue weighted by Gasteiger charge is -2.35. The summed E-state index contributed by atoms with van der Waals surface area (Å²) >= 11 is 0. The van der Waals surface area contributed by atoms with E-state index >= 15 is 0 Å². The lowest BCUT2D eigenvalue weighted by molar-refractivity contribution is -0.144. The van der Waals surface area contributed by atoms with Crippen LogP contribution in [0.1, 0.15) is 24.4 Å². The number of carboxylic acids is 1. The molecule has 2 bridgehead atoms. The number of anilines is 2. The molecule has 7 rings (SSSR count). The molecule has 2 aromatic heterocycles. The van der Waals surface area contributed by atoms with Gasteiger partial charge in [0.1, 0.15) is 5.75 Å². The summed E-state index contributed by atoms with van der Waals surface area (Å²) in [7, 11) is 0. The van der Waals surface area contributed by atoms with Gasteiger partial charge in [-0.3, -0.25) is 4.79 Å². The predicted molar refractivity (Wildman–Crippen MR) is 140 cm³/mol. The Morgan fingerprint density at radius 1 is 1.05 bits per heavy atom. The number of nitrogens with one attached hydrogen (secondary N) is 1. The van der Waals surface area contributed by atoms with Crippen LogP contribution in [0, 0.1) is 17.8 Å². The summed E-state index contributed by atoms with van der Waals surface area (Å²) < 4.78 is 32.9. The molecule has 1 saturated carbocycles. The van der Waals surface area contributed by atoms with Crippen molar-refractivity contribution in [3.8, 4) is 16.9 Å². The van der Waals surface area contributed by atoms with Gasteiger partial charge in [0.15, 0.2) is 0 Å². The molecule has 0 spiro atoms. The number of nitrogens with zero attached hydrogens (tertiary/aromatic N) is 5. The second-order valence-electron chi connectivity index (χ2n) is 10.5. The maximum atomic E-state index is 13.1. The normalized spacial score (nSPS) is 23.7. The van der Waals surface area contributed by atoms with E-state index in [1.54, 1.807) is 30.6 Å². The average Bonchev–Trinajstić information content (AvgIpc) is 3.58. The topological polar surface area (TPSA) is 105 Å². The maximum Gasteiger partial charge on any atom is 0.387 e. The lowest BCUT2D eigenvalue weighted by atomic mass is 9.85. The van der Waals surface area contributed by atoms with Crippen LogP contribution >= 0.6 is 0 Å². The summed E-state index contributed by atoms with van der Waals surface area (Å²) in [6.07, 6.45) is 5.44. The molecule has 2 N–H and O–H groups in total. The molecule has 9 nitrogen and oxygen atoms in total. The molecule has 0 amide bonds. The Bertz CT molecular complexity index is 1540. The van der Waals surface area contributed by atoms with Gasteiger partial charge in [0, 0.05) is 43.2 Å². The van der Waals surface area contributed by atoms with Crippen molar-refractivity contribution in [2.24, 2.45) is 17.8 Å². The summed E-state index contributed by atoms with van der Waals surface area (Å²) in [5.41, 5.74) is 4.04. The highest BCUT2D eigenvalue weighted by atomic mass is 19.3. The highest BCUT2D eigenvalue weighted by molar-refractivity contribution is 5.85. The summed E-state index contributed by atoms with van der Waals surface area (Å²) in [6.45, 7) is -1.09. The molecule has 4 atom stereocenters. The van der Waals surface area contributed by atoms with Crippen molar-refractivity contribution in [3.63, 3.8) is 0 Å². The van der Waals surface area contributed by atoms with Crippen LogP contribution in [0.3, 0.4) is 0 Å². The minimum absolute atomic E-state index is 0.133. The fourth-order valence-corrected chi connectivity index (χ4v) is 6.62. The Morgan fingerprint density at radius 2 is 1.79 bits per heavy atom. The van der Waals surface area contributed by atoms with Crippen molar-refractivity contribution < 1.29 is 23.4 Å². The van der Waals surface area contributed by atoms with Gasteiger partial charge in [0.05, 0.1) is 23.0 Å². The fourth-order valence-electron chi connectivity index (χ4n) is 6.62. The Kier molecular flexibility index (Phi) is 5.60. The first-order chi connectivity index (χ1) is 19.0. The number of piperidine rings is 1. The number of fused-ring (bicyclic) bond motifs is 5. The Labute approximate surface area is 222 Å². The van der Waals surface area contributed by atoms with Crippen LogP contribution in [0.2, 0.25) is 0 Å². The summed E-state index contributed by atoms with van der Waals surface area (Å²) in [5, 5.41) is 12.9. The molecule has 2 aliphatic heterocycles. The van der Waals surface area contributed by atoms with E-state index in [2.05, 4.69) is 20.2 Å². The Balaban J connectivity index is 1.18. The first kappa shape index (κ1) is 23.8. The lowest BCUT2D eigenvalue weighted by Crippen LogP contribution is -2.45. The Hall–Kier alpha value is -4.28. The number of aromatic nitrogens is 4. The molecule has 1 saturated heterocycles. The van der Waals surface area contributed by atoms with Crippen molar-refractivity contribution in [3.05, 3.63) is 60.4 Å². The summed E-state index contributed by atoms with van der Waals surface area (Å²) in [5.74, 6) is 0.743. The SMILES string of the molecule is O=C(O)C1[C@@H]2CC[C@H]1CN(c1ncc(-c3ccc4nc5n(c4c3)C(c3ccccc3OC(F)F)CN5)cn1)C2. The predicted octanol–water partition coefficient (Wildman–Crippen LogP) is 4.66. The number of para-hydroxylation sites is 1. The molecule has 4 aromatic rings. The minimum atomic E-state index is -2.91. The van der Waals surface area contributed by atoms with Gasteiger partial charge in [-0.05, 0) is 48.4 Å². The van der Waals surface area contributed by atoms with Gasteiger partial charge in [-0.25, -0.2) is 15.0 Å². The van der Waals surface area contributed by atoms with Gasteiger partial charge in [-0.2, -0.15) is 8.78 Å². The van der Waals surface area contributed by atoms with Crippen molar-refractivity contribution in [2.75, 3.05) is 29.9 Å². The first-order valence-corrected chi connectivity index (χ1v) is 13.1. The molecule has 0 radical (unpaired) electrons. The second-order valence-corrected chi connectivity index (χ2v) is 10.5. The van der Waals surface area contributed by atoms with Gasteiger partial charge in [0.25, 0.3) is 0 Å². The number of carboxylic acid groups (broad SMARTS) is 1. The zero-order valence-corrected chi connectivity index (χ0v) is 20.9. The fraction of sp³-hybridized carbons (Fsp3) is 0.357. The van der Waals surface area contributed by atoms with E-state index in [9.17, 15) is 18.7 Å². The standard InChI is InChI=1S/C28H26F2N6O3/c29-26(30)39-23-4-2-1-3-19(23)22-12-33-28-34-20-8-7-15(9-21(20)36(22)28)18-10-31-27(32-11-18)35-13-16-5-6-17(14-35)24(16)25(37)38/h1-4,7-11,16-17,22,24,26H,5-6,12-14H2,(H,33,34)(H,37,38)/t16-,17+,22?,24?. The van der Waals surface area contributed by atoms with Gasteiger partial charge >= 0.3 is 12.6 Å². The molecular weight excluding hydrogens is 506 g/mol. The summed E-state index contributed by atoms with van der Waals surface area (Å²) in [4.78, 5) is 27.7. The monoisotopic (exact) mass is 532 g/mol. The molecule has 4 heterocycles. The van der Waals surface area contributed by atoms with E-state index in [1.165, 1.54) is 0 Å². The van der Waals surface area contributed by atoms with Crippen LogP contribution < -0.4 is 15.0 Å². The van der Waals surface area contributed by atoms with E-state index in [4.69, 9.17) is 9.72 Å². The zero-order valence-electron chi connectivity index (χ0n) is 20.9. The first-order valence-electron chi connectivity index (χ1n) is 13.1. The van der Waals surface area contributed by atoms with Gasteiger partial charge in [-0.1, -0.05) is 24.3 Å². The minimum Gasteiger partial charge on any atom is -0.481 e. The van der Waals surface area contributed by atoms with Crippen LogP contribution in [0.25, 0.3) is 22.2 Å². The number of ether oxygens (including phenoxy) is 1. The number of rotatable bonds is 6. The van der Waals surface area contributed by atoms with E-state index in [1.807, 2.05) is 28.8 Å². The summed E-state index contributed by atoms with van der Waals surface area (Å²) in [6, 6.07) is 12.5. The molecule has 39 heavy (non-hydrogen) atoms. The van der Waals surface area contributed by atoms with E-state index in [-0.39, 0.29) is 29.5 Å². The third-order valence-electron chi connectivity index (χ3n) is 8.32. The van der Waals surface area contributed by atoms with E-state index in [0.717, 1.165) is 35.0 Å². The number of halogens is 2. The molecular formula is C28H26F2N6O3. The van der Waals surface area contributed by atoms with E-state index in [0.29, 0.717) is 37.1 Å². The second kappa shape index (κ2) is 9.18. The number of benzene rings is 2. The highest BCUT2D eigenvalue weighted by Gasteiger charge is 2.46. The number of alkyl halides is 2. The van der Waals surface area contributed by atoms with Crippen LogP contribution in [0.5, 0.6) is 5.75 Å². The molecule has 2 fully saturated rings. The van der Waals surface area contributed by atoms with Crippen molar-refractivity contribution in [1.29, 1.82) is 0 Å². The molecule has 3 aliphatic rings. The molecule has 200 valence electrons. The van der Waals surface area contributed by atoms with Crippen molar-refractivity contribution in [1.82, 2.24) is 19.5 Å². The van der Waals surface area contributed by atoms with Crippen LogP contribution in [-0.2, 0) is 4.79 Å². The molecule has 2 unspecified atom stereocenters. The van der Waals surface area contributed by atoms with Crippen LogP contribution in [-0.4, -0.2) is 56.8 Å². The highest BCUT2D eigenvalue weighted by Crippen LogP contribution is 2.43. The van der Waals surface area contributed by atoms with Crippen LogP contribution in [0.4, 0.5) is 20.7 Å². The van der Waals surface area contributed by atoms with Crippen LogP contribution in [0.15, 0.2) is 54.9 Å². The van der Waals surface area contributed by atoms with Gasteiger partial charge in [0.2, 0.25) is 11.9 Å². The average molecular weight is 533 g/mol. The largest absolute Gasteiger partial charge is 0.481 e. The molecule has 2 aromatic carbocycles. The van der Waals surface area contributed by atoms with E-state index < -0.39 is 12.6 Å². The van der Waals surface area contributed by atoms with Crippen molar-refractivity contribution in [2.45, 2.75) is 25.5 Å². The maximum absolute atomic E-state index is 13.1. The number of aliphatic carboxylic acids is 1. The van der Waals surface area contributed by atoms with Gasteiger partial charge < -0.3 is 24.6 Å². The zero-order chi connectivity index (χ0) is 26.7. The van der Waals surface area contributed by atoms with Gasteiger partial charge in [-0.15, -0.1) is 0 Å².